The second kappa shape index (κ2) is 9.48. The number of aromatic nitrogens is 2. The molecular weight excluding hydrogens is 402 g/mol. The maximum atomic E-state index is 12.5. The third kappa shape index (κ3) is 6.05. The first-order chi connectivity index (χ1) is 15.1. The molecule has 0 unspecified atom stereocenters. The molecule has 164 valence electrons. The predicted octanol–water partition coefficient (Wildman–Crippen LogP) is 4.41. The van der Waals surface area contributed by atoms with E-state index in [0.29, 0.717) is 24.2 Å². The van der Waals surface area contributed by atoms with Crippen LogP contribution in [0.2, 0.25) is 0 Å². The van der Waals surface area contributed by atoms with Crippen molar-refractivity contribution in [2.24, 2.45) is 5.41 Å². The lowest BCUT2D eigenvalue weighted by atomic mass is 9.92. The number of aromatic amines is 1. The van der Waals surface area contributed by atoms with Crippen molar-refractivity contribution in [3.63, 3.8) is 0 Å². The summed E-state index contributed by atoms with van der Waals surface area (Å²) in [5.41, 5.74) is 3.12. The fourth-order valence-corrected chi connectivity index (χ4v) is 3.14. The van der Waals surface area contributed by atoms with E-state index in [1.165, 1.54) is 0 Å². The zero-order valence-electron chi connectivity index (χ0n) is 18.7. The number of aryl methyl sites for hydroxylation is 1. The Kier molecular flexibility index (Phi) is 6.74. The summed E-state index contributed by atoms with van der Waals surface area (Å²) in [4.78, 5) is 31.6. The molecule has 32 heavy (non-hydrogen) atoms. The van der Waals surface area contributed by atoms with E-state index in [4.69, 9.17) is 0 Å². The van der Waals surface area contributed by atoms with Crippen molar-refractivity contribution in [1.29, 1.82) is 5.26 Å². The van der Waals surface area contributed by atoms with E-state index in [9.17, 15) is 14.9 Å². The van der Waals surface area contributed by atoms with E-state index >= 15 is 0 Å². The molecule has 1 aromatic heterocycles. The molecule has 0 aliphatic heterocycles. The molecule has 3 aromatic rings. The summed E-state index contributed by atoms with van der Waals surface area (Å²) >= 11 is 0. The zero-order valence-corrected chi connectivity index (χ0v) is 18.7. The lowest BCUT2D eigenvalue weighted by molar-refractivity contribution is -0.122. The molecule has 0 aliphatic carbocycles. The van der Waals surface area contributed by atoms with E-state index in [-0.39, 0.29) is 22.8 Å². The number of carbonyl (C=O) groups is 1. The van der Waals surface area contributed by atoms with Crippen molar-refractivity contribution < 1.29 is 4.79 Å². The molecule has 0 spiro atoms. The van der Waals surface area contributed by atoms with Crippen LogP contribution in [-0.2, 0) is 11.3 Å². The highest BCUT2D eigenvalue weighted by molar-refractivity contribution is 5.76. The Labute approximate surface area is 187 Å². The van der Waals surface area contributed by atoms with E-state index < -0.39 is 5.56 Å². The van der Waals surface area contributed by atoms with Gasteiger partial charge in [0.15, 0.2) is 0 Å². The Morgan fingerprint density at radius 2 is 1.75 bits per heavy atom. The van der Waals surface area contributed by atoms with Crippen molar-refractivity contribution in [3.8, 4) is 17.3 Å². The number of nitrogens with zero attached hydrogens (tertiary/aromatic N) is 2. The Morgan fingerprint density at radius 3 is 2.34 bits per heavy atom. The predicted molar refractivity (Wildman–Crippen MR) is 125 cm³/mol. The number of nitrogens with one attached hydrogen (secondary N) is 3. The molecule has 0 saturated carbocycles. The highest BCUT2D eigenvalue weighted by Gasteiger charge is 2.16. The van der Waals surface area contributed by atoms with Gasteiger partial charge < -0.3 is 10.6 Å². The molecule has 0 radical (unpaired) electrons. The number of hydrogen-bond donors (Lipinski definition) is 3. The Hall–Kier alpha value is -3.92. The van der Waals surface area contributed by atoms with Crippen LogP contribution in [0.5, 0.6) is 0 Å². The highest BCUT2D eigenvalue weighted by Crippen LogP contribution is 2.22. The first-order valence-electron chi connectivity index (χ1n) is 10.4. The third-order valence-corrected chi connectivity index (χ3v) is 4.75. The van der Waals surface area contributed by atoms with Crippen molar-refractivity contribution in [3.05, 3.63) is 75.6 Å². The lowest BCUT2D eigenvalue weighted by Crippen LogP contribution is -2.27. The second-order valence-electron chi connectivity index (χ2n) is 8.95. The third-order valence-electron chi connectivity index (χ3n) is 4.75. The molecule has 1 heterocycles. The first kappa shape index (κ1) is 22.8. The highest BCUT2D eigenvalue weighted by atomic mass is 16.1. The zero-order chi connectivity index (χ0) is 23.3. The standard InChI is InChI=1S/C25H27N5O2/c1-16-5-11-19(12-6-16)28-24-29-22(20(14-26)23(32)30-24)18-9-7-17(8-10-18)15-27-21(31)13-25(2,3)4/h5-12H,13,15H2,1-4H3,(H,27,31)(H2,28,29,30,32). The lowest BCUT2D eigenvalue weighted by Gasteiger charge is -2.17. The molecule has 0 fully saturated rings. The minimum Gasteiger partial charge on any atom is -0.352 e. The molecule has 0 bridgehead atoms. The fraction of sp³-hybridized carbons (Fsp3) is 0.280. The second-order valence-corrected chi connectivity index (χ2v) is 8.95. The van der Waals surface area contributed by atoms with Gasteiger partial charge >= 0.3 is 0 Å². The SMILES string of the molecule is Cc1ccc(Nc2nc(-c3ccc(CNC(=O)CC(C)(C)C)cc3)c(C#N)c(=O)[nH]2)cc1. The number of H-pyrrole nitrogens is 1. The Bertz CT molecular complexity index is 1200. The van der Waals surface area contributed by atoms with Gasteiger partial charge in [0.25, 0.3) is 5.56 Å². The van der Waals surface area contributed by atoms with Crippen molar-refractivity contribution >= 4 is 17.5 Å². The molecule has 0 aliphatic rings. The number of rotatable bonds is 6. The number of anilines is 2. The van der Waals surface area contributed by atoms with Crippen LogP contribution in [0.15, 0.2) is 53.3 Å². The maximum Gasteiger partial charge on any atom is 0.270 e. The average Bonchev–Trinajstić information content (AvgIpc) is 2.73. The van der Waals surface area contributed by atoms with Crippen LogP contribution in [0.4, 0.5) is 11.6 Å². The normalized spacial score (nSPS) is 11.0. The van der Waals surface area contributed by atoms with E-state index in [2.05, 4.69) is 20.6 Å². The van der Waals surface area contributed by atoms with Gasteiger partial charge in [-0.25, -0.2) is 4.98 Å². The maximum absolute atomic E-state index is 12.5. The summed E-state index contributed by atoms with van der Waals surface area (Å²) in [7, 11) is 0. The molecule has 0 saturated heterocycles. The van der Waals surface area contributed by atoms with E-state index in [0.717, 1.165) is 16.8 Å². The van der Waals surface area contributed by atoms with Crippen molar-refractivity contribution in [1.82, 2.24) is 15.3 Å². The van der Waals surface area contributed by atoms with E-state index in [1.807, 2.05) is 70.2 Å². The summed E-state index contributed by atoms with van der Waals surface area (Å²) < 4.78 is 0. The van der Waals surface area contributed by atoms with Gasteiger partial charge in [0.2, 0.25) is 11.9 Å². The summed E-state index contributed by atoms with van der Waals surface area (Å²) in [5, 5.41) is 15.5. The quantitative estimate of drug-likeness (QED) is 0.537. The molecule has 7 heteroatoms. The van der Waals surface area contributed by atoms with Crippen LogP contribution in [0.1, 0.15) is 43.9 Å². The van der Waals surface area contributed by atoms with Gasteiger partial charge in [0, 0.05) is 24.2 Å². The largest absolute Gasteiger partial charge is 0.352 e. The van der Waals surface area contributed by atoms with Gasteiger partial charge in [-0.2, -0.15) is 5.26 Å². The molecule has 1 amide bonds. The topological polar surface area (TPSA) is 111 Å². The molecular formula is C25H27N5O2. The van der Waals surface area contributed by atoms with Gasteiger partial charge in [-0.3, -0.25) is 14.6 Å². The molecule has 2 aromatic carbocycles. The van der Waals surface area contributed by atoms with Gasteiger partial charge in [-0.1, -0.05) is 62.7 Å². The number of benzene rings is 2. The molecule has 7 nitrogen and oxygen atoms in total. The minimum atomic E-state index is -0.509. The van der Waals surface area contributed by atoms with Crippen LogP contribution in [-0.4, -0.2) is 15.9 Å². The average molecular weight is 430 g/mol. The summed E-state index contributed by atoms with van der Waals surface area (Å²) in [6.07, 6.45) is 0.448. The number of nitriles is 1. The van der Waals surface area contributed by atoms with Crippen LogP contribution in [0, 0.1) is 23.7 Å². The number of amides is 1. The smallest absolute Gasteiger partial charge is 0.270 e. The molecule has 3 N–H and O–H groups in total. The molecule has 0 atom stereocenters. The van der Waals surface area contributed by atoms with Gasteiger partial charge in [0.05, 0.1) is 5.69 Å². The Morgan fingerprint density at radius 1 is 1.09 bits per heavy atom. The first-order valence-corrected chi connectivity index (χ1v) is 10.4. The number of hydrogen-bond acceptors (Lipinski definition) is 5. The van der Waals surface area contributed by atoms with Crippen molar-refractivity contribution in [2.75, 3.05) is 5.32 Å². The molecule has 3 rings (SSSR count). The van der Waals surface area contributed by atoms with Gasteiger partial charge in [-0.15, -0.1) is 0 Å². The summed E-state index contributed by atoms with van der Waals surface area (Å²) in [5.74, 6) is 0.253. The monoisotopic (exact) mass is 429 g/mol. The van der Waals surface area contributed by atoms with Gasteiger partial charge in [0.1, 0.15) is 11.6 Å². The van der Waals surface area contributed by atoms with Gasteiger partial charge in [-0.05, 0) is 30.0 Å². The van der Waals surface area contributed by atoms with Crippen LogP contribution in [0.25, 0.3) is 11.3 Å². The van der Waals surface area contributed by atoms with Crippen LogP contribution >= 0.6 is 0 Å². The number of carbonyl (C=O) groups excluding carboxylic acids is 1. The minimum absolute atomic E-state index is 0.00331. The van der Waals surface area contributed by atoms with Crippen LogP contribution in [0.3, 0.4) is 0 Å². The van der Waals surface area contributed by atoms with Crippen LogP contribution < -0.4 is 16.2 Å². The van der Waals surface area contributed by atoms with E-state index in [1.54, 1.807) is 12.1 Å². The fourth-order valence-electron chi connectivity index (χ4n) is 3.14. The Balaban J connectivity index is 1.81. The van der Waals surface area contributed by atoms with Crippen molar-refractivity contribution in [2.45, 2.75) is 40.7 Å². The summed E-state index contributed by atoms with van der Waals surface area (Å²) in [6.45, 7) is 8.45. The summed E-state index contributed by atoms with van der Waals surface area (Å²) in [6, 6.07) is 16.9.